The van der Waals surface area contributed by atoms with E-state index in [-0.39, 0.29) is 6.54 Å². The van der Waals surface area contributed by atoms with Crippen LogP contribution in [0.15, 0.2) is 30.3 Å². The minimum Gasteiger partial charge on any atom is -0.479 e. The molecule has 0 aromatic heterocycles. The Labute approximate surface area is 88.1 Å². The number of aliphatic carboxylic acids is 1. The van der Waals surface area contributed by atoms with Gasteiger partial charge in [0, 0.05) is 12.7 Å². The van der Waals surface area contributed by atoms with Gasteiger partial charge < -0.3 is 10.0 Å². The van der Waals surface area contributed by atoms with Crippen LogP contribution in [-0.4, -0.2) is 30.3 Å². The van der Waals surface area contributed by atoms with Crippen LogP contribution >= 0.6 is 0 Å². The molecule has 0 aliphatic carbocycles. The summed E-state index contributed by atoms with van der Waals surface area (Å²) in [6.45, 7) is 0.890. The number of hydrogen-bond acceptors (Lipinski definition) is 2. The number of anilines is 1. The summed E-state index contributed by atoms with van der Waals surface area (Å²) < 4.78 is 13.5. The molecule has 3 nitrogen and oxygen atoms in total. The maximum absolute atomic E-state index is 13.5. The van der Waals surface area contributed by atoms with Gasteiger partial charge in [-0.3, -0.25) is 0 Å². The zero-order valence-corrected chi connectivity index (χ0v) is 8.77. The van der Waals surface area contributed by atoms with Crippen molar-refractivity contribution in [3.8, 4) is 0 Å². The van der Waals surface area contributed by atoms with Gasteiger partial charge in [0.15, 0.2) is 0 Å². The number of benzene rings is 1. The van der Waals surface area contributed by atoms with Gasteiger partial charge in [0.25, 0.3) is 0 Å². The van der Waals surface area contributed by atoms with Crippen molar-refractivity contribution in [2.24, 2.45) is 0 Å². The van der Waals surface area contributed by atoms with Gasteiger partial charge in [-0.25, -0.2) is 9.18 Å². The Morgan fingerprint density at radius 1 is 1.47 bits per heavy atom. The van der Waals surface area contributed by atoms with Gasteiger partial charge >= 0.3 is 5.97 Å². The predicted octanol–water partition coefficient (Wildman–Crippen LogP) is 1.94. The Balaban J connectivity index is 2.72. The normalized spacial score (nSPS) is 14.3. The number of rotatable bonds is 4. The Bertz CT molecular complexity index is 338. The van der Waals surface area contributed by atoms with Gasteiger partial charge in [0.05, 0.1) is 6.54 Å². The third-order valence-electron chi connectivity index (χ3n) is 2.18. The van der Waals surface area contributed by atoms with E-state index in [4.69, 9.17) is 5.11 Å². The number of para-hydroxylation sites is 1. The molecule has 1 aromatic carbocycles. The summed E-state index contributed by atoms with van der Waals surface area (Å²) in [4.78, 5) is 12.2. The maximum Gasteiger partial charge on any atom is 0.343 e. The van der Waals surface area contributed by atoms with Gasteiger partial charge in [-0.05, 0) is 19.1 Å². The number of carboxylic acid groups (broad SMARTS) is 1. The van der Waals surface area contributed by atoms with Crippen LogP contribution in [-0.2, 0) is 4.79 Å². The summed E-state index contributed by atoms with van der Waals surface area (Å²) >= 11 is 0. The largest absolute Gasteiger partial charge is 0.479 e. The number of carbonyl (C=O) groups is 1. The Kier molecular flexibility index (Phi) is 3.29. The molecule has 0 bridgehead atoms. The summed E-state index contributed by atoms with van der Waals surface area (Å²) in [6, 6.07) is 9.10. The highest BCUT2D eigenvalue weighted by Crippen LogP contribution is 2.17. The standard InChI is InChI=1S/C11H14FNO2/c1-11(12,10(14)15)8-13(2)9-6-4-3-5-7-9/h3-7H,8H2,1-2H3,(H,14,15). The molecule has 1 N–H and O–H groups in total. The number of carboxylic acids is 1. The Morgan fingerprint density at radius 2 is 2.00 bits per heavy atom. The van der Waals surface area contributed by atoms with E-state index in [1.54, 1.807) is 24.1 Å². The van der Waals surface area contributed by atoms with E-state index in [1.165, 1.54) is 0 Å². The molecule has 1 rings (SSSR count). The predicted molar refractivity (Wildman–Crippen MR) is 56.9 cm³/mol. The maximum atomic E-state index is 13.5. The van der Waals surface area contributed by atoms with Crippen LogP contribution < -0.4 is 4.90 Å². The first-order chi connectivity index (χ1) is 6.93. The minimum atomic E-state index is -2.23. The lowest BCUT2D eigenvalue weighted by Gasteiger charge is -2.25. The van der Waals surface area contributed by atoms with Gasteiger partial charge in [0.2, 0.25) is 5.67 Å². The van der Waals surface area contributed by atoms with Gasteiger partial charge in [-0.2, -0.15) is 0 Å². The van der Waals surface area contributed by atoms with Crippen molar-refractivity contribution in [1.29, 1.82) is 0 Å². The molecule has 1 unspecified atom stereocenters. The Hall–Kier alpha value is -1.58. The fourth-order valence-electron chi connectivity index (χ4n) is 1.29. The first-order valence-electron chi connectivity index (χ1n) is 4.62. The van der Waals surface area contributed by atoms with Crippen molar-refractivity contribution in [3.63, 3.8) is 0 Å². The Morgan fingerprint density at radius 3 is 2.47 bits per heavy atom. The molecular weight excluding hydrogens is 197 g/mol. The first kappa shape index (κ1) is 11.5. The summed E-state index contributed by atoms with van der Waals surface area (Å²) in [5.74, 6) is -1.44. The molecule has 0 saturated heterocycles. The SMILES string of the molecule is CN(CC(C)(F)C(=O)O)c1ccccc1. The van der Waals surface area contributed by atoms with Gasteiger partial charge in [-0.15, -0.1) is 0 Å². The van der Waals surface area contributed by atoms with E-state index in [0.29, 0.717) is 0 Å². The molecule has 1 aromatic rings. The number of halogens is 1. The second kappa shape index (κ2) is 4.29. The summed E-state index contributed by atoms with van der Waals surface area (Å²) in [5, 5.41) is 8.64. The number of alkyl halides is 1. The van der Waals surface area contributed by atoms with Crippen LogP contribution in [0.25, 0.3) is 0 Å². The molecule has 1 atom stereocenters. The van der Waals surface area contributed by atoms with Crippen LogP contribution in [0.3, 0.4) is 0 Å². The van der Waals surface area contributed by atoms with Crippen molar-refractivity contribution in [2.45, 2.75) is 12.6 Å². The number of nitrogens with zero attached hydrogens (tertiary/aromatic N) is 1. The van der Waals surface area contributed by atoms with Crippen LogP contribution in [0, 0.1) is 0 Å². The molecule has 0 fully saturated rings. The molecule has 0 radical (unpaired) electrons. The molecule has 0 amide bonds. The number of hydrogen-bond donors (Lipinski definition) is 1. The first-order valence-corrected chi connectivity index (χ1v) is 4.62. The summed E-state index contributed by atoms with van der Waals surface area (Å²) in [7, 11) is 1.66. The van der Waals surface area contributed by atoms with Gasteiger partial charge in [-0.1, -0.05) is 18.2 Å². The average molecular weight is 211 g/mol. The van der Waals surface area contributed by atoms with E-state index >= 15 is 0 Å². The third kappa shape index (κ3) is 2.94. The average Bonchev–Trinajstić information content (AvgIpc) is 2.18. The second-order valence-corrected chi connectivity index (χ2v) is 3.69. The molecule has 0 saturated carbocycles. The zero-order valence-electron chi connectivity index (χ0n) is 8.77. The van der Waals surface area contributed by atoms with Crippen molar-refractivity contribution < 1.29 is 14.3 Å². The van der Waals surface area contributed by atoms with E-state index in [1.807, 2.05) is 18.2 Å². The highest BCUT2D eigenvalue weighted by atomic mass is 19.1. The lowest BCUT2D eigenvalue weighted by molar-refractivity contribution is -0.148. The van der Waals surface area contributed by atoms with Crippen molar-refractivity contribution >= 4 is 11.7 Å². The third-order valence-corrected chi connectivity index (χ3v) is 2.18. The van der Waals surface area contributed by atoms with E-state index in [2.05, 4.69) is 0 Å². The highest BCUT2D eigenvalue weighted by Gasteiger charge is 2.34. The highest BCUT2D eigenvalue weighted by molar-refractivity contribution is 5.77. The second-order valence-electron chi connectivity index (χ2n) is 3.69. The fraction of sp³-hybridized carbons (Fsp3) is 0.364. The molecule has 0 aliphatic heterocycles. The molecule has 4 heteroatoms. The van der Waals surface area contributed by atoms with Crippen LogP contribution in [0.1, 0.15) is 6.92 Å². The summed E-state index contributed by atoms with van der Waals surface area (Å²) in [6.07, 6.45) is 0. The van der Waals surface area contributed by atoms with Crippen molar-refractivity contribution in [1.82, 2.24) is 0 Å². The van der Waals surface area contributed by atoms with Crippen LogP contribution in [0.5, 0.6) is 0 Å². The lowest BCUT2D eigenvalue weighted by atomic mass is 10.1. The lowest BCUT2D eigenvalue weighted by Crippen LogP contribution is -2.41. The zero-order chi connectivity index (χ0) is 11.5. The molecule has 82 valence electrons. The van der Waals surface area contributed by atoms with E-state index in [0.717, 1.165) is 12.6 Å². The van der Waals surface area contributed by atoms with Crippen LogP contribution in [0.2, 0.25) is 0 Å². The topological polar surface area (TPSA) is 40.5 Å². The molecule has 15 heavy (non-hydrogen) atoms. The van der Waals surface area contributed by atoms with Crippen molar-refractivity contribution in [3.05, 3.63) is 30.3 Å². The van der Waals surface area contributed by atoms with E-state index < -0.39 is 11.6 Å². The molecule has 0 heterocycles. The monoisotopic (exact) mass is 211 g/mol. The molecular formula is C11H14FNO2. The molecule has 0 spiro atoms. The molecule has 0 aliphatic rings. The smallest absolute Gasteiger partial charge is 0.343 e. The van der Waals surface area contributed by atoms with Crippen molar-refractivity contribution in [2.75, 3.05) is 18.5 Å². The summed E-state index contributed by atoms with van der Waals surface area (Å²) in [5.41, 5.74) is -1.44. The van der Waals surface area contributed by atoms with Crippen LogP contribution in [0.4, 0.5) is 10.1 Å². The van der Waals surface area contributed by atoms with Gasteiger partial charge in [0.1, 0.15) is 0 Å². The fourth-order valence-corrected chi connectivity index (χ4v) is 1.29. The minimum absolute atomic E-state index is 0.174. The quantitative estimate of drug-likeness (QED) is 0.827. The van der Waals surface area contributed by atoms with E-state index in [9.17, 15) is 9.18 Å².